The smallest absolute Gasteiger partial charge is 0.309 e. The van der Waals surface area contributed by atoms with Crippen LogP contribution in [0.25, 0.3) is 17.0 Å². The van der Waals surface area contributed by atoms with Gasteiger partial charge in [0.2, 0.25) is 0 Å². The molecule has 2 aromatic rings. The summed E-state index contributed by atoms with van der Waals surface area (Å²) in [4.78, 5) is 43.6. The minimum atomic E-state index is -0.186. The van der Waals surface area contributed by atoms with E-state index in [0.717, 1.165) is 16.6 Å². The molecule has 0 radical (unpaired) electrons. The zero-order valence-electron chi connectivity index (χ0n) is 21.5. The first-order chi connectivity index (χ1) is 17.9. The van der Waals surface area contributed by atoms with Gasteiger partial charge in [-0.05, 0) is 45.3 Å². The van der Waals surface area contributed by atoms with Crippen LogP contribution in [0, 0.1) is 5.92 Å². The maximum absolute atomic E-state index is 13.8. The number of thiocarbonyl (C=S) groups is 1. The molecular weight excluding hydrogens is 510 g/mol. The first-order valence-corrected chi connectivity index (χ1v) is 13.9. The highest BCUT2D eigenvalue weighted by Crippen LogP contribution is 2.37. The summed E-state index contributed by atoms with van der Waals surface area (Å²) >= 11 is 6.71. The summed E-state index contributed by atoms with van der Waals surface area (Å²) in [6.45, 7) is 6.86. The van der Waals surface area contributed by atoms with Gasteiger partial charge in [0.15, 0.2) is 0 Å². The number of nitrogens with zero attached hydrogens (tertiary/aromatic N) is 3. The second-order valence-corrected chi connectivity index (χ2v) is 10.7. The van der Waals surface area contributed by atoms with E-state index in [1.807, 2.05) is 38.1 Å². The fourth-order valence-electron chi connectivity index (χ4n) is 4.98. The Balaban J connectivity index is 1.77. The van der Waals surface area contributed by atoms with Crippen molar-refractivity contribution in [2.24, 2.45) is 5.92 Å². The van der Waals surface area contributed by atoms with E-state index >= 15 is 0 Å². The number of piperidine rings is 1. The van der Waals surface area contributed by atoms with Crippen LogP contribution in [0.15, 0.2) is 34.0 Å². The van der Waals surface area contributed by atoms with Gasteiger partial charge in [-0.25, -0.2) is 0 Å². The van der Waals surface area contributed by atoms with Gasteiger partial charge < -0.3 is 18.9 Å². The third-order valence-electron chi connectivity index (χ3n) is 6.81. The van der Waals surface area contributed by atoms with E-state index in [0.29, 0.717) is 73.4 Å². The van der Waals surface area contributed by atoms with Crippen molar-refractivity contribution in [2.45, 2.75) is 39.7 Å². The normalized spacial score (nSPS) is 17.9. The predicted octanol–water partition coefficient (Wildman–Crippen LogP) is 4.04. The number of aryl methyl sites for hydroxylation is 1. The fraction of sp³-hybridized carbons (Fsp3) is 0.481. The van der Waals surface area contributed by atoms with Crippen LogP contribution in [-0.2, 0) is 25.6 Å². The molecule has 1 aromatic heterocycles. The van der Waals surface area contributed by atoms with E-state index in [-0.39, 0.29) is 23.4 Å². The standard InChI is InChI=1S/C27H33N3O5S2/c1-4-29-21-10-7-6-9-19(21)23(28-14-11-18(12-15-28)26(33)35-5-2)20(24(29)31)17-22-25(32)30(27(36)37-22)13-8-16-34-3/h6-7,9-10,17-18H,4-5,8,11-16H2,1-3H3. The van der Waals surface area contributed by atoms with Gasteiger partial charge in [-0.15, -0.1) is 0 Å². The first kappa shape index (κ1) is 27.3. The van der Waals surface area contributed by atoms with Crippen LogP contribution in [0.2, 0.25) is 0 Å². The molecule has 4 rings (SSSR count). The molecule has 0 saturated carbocycles. The summed E-state index contributed by atoms with van der Waals surface area (Å²) < 4.78 is 12.6. The van der Waals surface area contributed by atoms with Gasteiger partial charge in [-0.2, -0.15) is 0 Å². The van der Waals surface area contributed by atoms with Gasteiger partial charge in [0.1, 0.15) is 4.32 Å². The molecule has 2 aliphatic heterocycles. The van der Waals surface area contributed by atoms with Gasteiger partial charge in [-0.3, -0.25) is 19.3 Å². The van der Waals surface area contributed by atoms with Crippen molar-refractivity contribution in [1.82, 2.24) is 9.47 Å². The van der Waals surface area contributed by atoms with Crippen LogP contribution in [-0.4, -0.2) is 65.6 Å². The van der Waals surface area contributed by atoms with Crippen molar-refractivity contribution >= 4 is 62.8 Å². The quantitative estimate of drug-likeness (QED) is 0.203. The maximum Gasteiger partial charge on any atom is 0.309 e. The Hall–Kier alpha value is -2.69. The second kappa shape index (κ2) is 12.2. The Morgan fingerprint density at radius 2 is 1.92 bits per heavy atom. The Kier molecular flexibility index (Phi) is 9.04. The number of para-hydroxylation sites is 1. The Labute approximate surface area is 226 Å². The van der Waals surface area contributed by atoms with Gasteiger partial charge in [0, 0.05) is 45.3 Å². The molecule has 3 heterocycles. The van der Waals surface area contributed by atoms with Crippen LogP contribution in [0.1, 0.15) is 38.7 Å². The Bertz CT molecular complexity index is 1280. The van der Waals surface area contributed by atoms with Crippen LogP contribution in [0.3, 0.4) is 0 Å². The van der Waals surface area contributed by atoms with Gasteiger partial charge in [-0.1, -0.05) is 42.2 Å². The summed E-state index contributed by atoms with van der Waals surface area (Å²) in [5, 5.41) is 0.945. The fourth-order valence-corrected chi connectivity index (χ4v) is 6.28. The minimum Gasteiger partial charge on any atom is -0.466 e. The molecule has 0 aliphatic carbocycles. The number of methoxy groups -OCH3 is 1. The molecule has 10 heteroatoms. The van der Waals surface area contributed by atoms with Crippen molar-refractivity contribution in [1.29, 1.82) is 0 Å². The SMILES string of the molecule is CCOC(=O)C1CCN(c2c(C=C3SC(=S)N(CCCOC)C3=O)c(=O)n(CC)c3ccccc23)CC1. The van der Waals surface area contributed by atoms with Crippen LogP contribution in [0.5, 0.6) is 0 Å². The Morgan fingerprint density at radius 1 is 1.19 bits per heavy atom. The van der Waals surface area contributed by atoms with Crippen molar-refractivity contribution in [3.8, 4) is 0 Å². The lowest BCUT2D eigenvalue weighted by Gasteiger charge is -2.34. The number of anilines is 1. The molecule has 8 nitrogen and oxygen atoms in total. The largest absolute Gasteiger partial charge is 0.466 e. The van der Waals surface area contributed by atoms with Gasteiger partial charge >= 0.3 is 5.97 Å². The van der Waals surface area contributed by atoms with E-state index in [1.54, 1.807) is 22.7 Å². The number of carbonyl (C=O) groups is 2. The summed E-state index contributed by atoms with van der Waals surface area (Å²) in [5.74, 6) is -0.496. The number of thioether (sulfide) groups is 1. The lowest BCUT2D eigenvalue weighted by molar-refractivity contribution is -0.148. The van der Waals surface area contributed by atoms with E-state index in [1.165, 1.54) is 11.8 Å². The zero-order chi connectivity index (χ0) is 26.5. The van der Waals surface area contributed by atoms with Gasteiger partial charge in [0.05, 0.1) is 34.2 Å². The molecule has 1 aromatic carbocycles. The molecular formula is C27H33N3O5S2. The molecule has 0 bridgehead atoms. The number of pyridine rings is 1. The number of fused-ring (bicyclic) bond motifs is 1. The summed E-state index contributed by atoms with van der Waals surface area (Å²) in [7, 11) is 1.62. The zero-order valence-corrected chi connectivity index (χ0v) is 23.2. The number of carbonyl (C=O) groups excluding carboxylic acids is 2. The average molecular weight is 544 g/mol. The molecule has 2 fully saturated rings. The van der Waals surface area contributed by atoms with Crippen molar-refractivity contribution in [2.75, 3.05) is 44.9 Å². The third-order valence-corrected chi connectivity index (χ3v) is 8.18. The summed E-state index contributed by atoms with van der Waals surface area (Å²) in [6.07, 6.45) is 3.68. The monoisotopic (exact) mass is 543 g/mol. The second-order valence-electron chi connectivity index (χ2n) is 9.02. The van der Waals surface area contributed by atoms with Crippen LogP contribution < -0.4 is 10.5 Å². The summed E-state index contributed by atoms with van der Waals surface area (Å²) in [5.41, 5.74) is 1.99. The molecule has 2 aliphatic rings. The van der Waals surface area contributed by atoms with Crippen molar-refractivity contribution in [3.63, 3.8) is 0 Å². The number of hydrogen-bond acceptors (Lipinski definition) is 8. The average Bonchev–Trinajstić information content (AvgIpc) is 3.17. The molecule has 0 unspecified atom stereocenters. The third kappa shape index (κ3) is 5.61. The van der Waals surface area contributed by atoms with Crippen LogP contribution >= 0.6 is 24.0 Å². The van der Waals surface area contributed by atoms with Crippen LogP contribution in [0.4, 0.5) is 5.69 Å². The predicted molar refractivity (Wildman–Crippen MR) is 152 cm³/mol. The lowest BCUT2D eigenvalue weighted by atomic mass is 9.95. The number of aromatic nitrogens is 1. The number of ether oxygens (including phenoxy) is 2. The molecule has 0 N–H and O–H groups in total. The molecule has 2 saturated heterocycles. The minimum absolute atomic E-state index is 0.145. The maximum atomic E-state index is 13.8. The highest BCUT2D eigenvalue weighted by atomic mass is 32.2. The number of hydrogen-bond donors (Lipinski definition) is 0. The van der Waals surface area contributed by atoms with Crippen molar-refractivity contribution in [3.05, 3.63) is 45.1 Å². The van der Waals surface area contributed by atoms with E-state index in [4.69, 9.17) is 21.7 Å². The first-order valence-electron chi connectivity index (χ1n) is 12.7. The highest BCUT2D eigenvalue weighted by molar-refractivity contribution is 8.26. The molecule has 0 spiro atoms. The number of esters is 1. The van der Waals surface area contributed by atoms with Gasteiger partial charge in [0.25, 0.3) is 11.5 Å². The molecule has 37 heavy (non-hydrogen) atoms. The van der Waals surface area contributed by atoms with Crippen molar-refractivity contribution < 1.29 is 19.1 Å². The van der Waals surface area contributed by atoms with E-state index in [9.17, 15) is 14.4 Å². The molecule has 0 atom stereocenters. The summed E-state index contributed by atoms with van der Waals surface area (Å²) in [6, 6.07) is 7.85. The van der Waals surface area contributed by atoms with E-state index < -0.39 is 0 Å². The lowest BCUT2D eigenvalue weighted by Crippen LogP contribution is -2.39. The number of benzene rings is 1. The molecule has 1 amide bonds. The highest BCUT2D eigenvalue weighted by Gasteiger charge is 2.33. The van der Waals surface area contributed by atoms with E-state index in [2.05, 4.69) is 4.90 Å². The number of amides is 1. The molecule has 198 valence electrons. The topological polar surface area (TPSA) is 81.1 Å². The number of rotatable bonds is 9. The Morgan fingerprint density at radius 3 is 2.59 bits per heavy atom.